The second-order valence-electron chi connectivity index (χ2n) is 3.76. The standard InChI is InChI=1S/C13H13N3O/c14-12-11(13(15)17)10(6-7-16-12)8-9-4-2-1-3-5-9/h1-7H,8H2,(H2,14,16)(H2,15,17). The summed E-state index contributed by atoms with van der Waals surface area (Å²) in [5.74, 6) is -0.354. The molecule has 1 amide bonds. The second kappa shape index (κ2) is 4.65. The molecule has 0 saturated carbocycles. The molecule has 0 aliphatic carbocycles. The number of hydrogen-bond donors (Lipinski definition) is 2. The number of anilines is 1. The van der Waals surface area contributed by atoms with Crippen LogP contribution in [-0.4, -0.2) is 10.9 Å². The van der Waals surface area contributed by atoms with Crippen molar-refractivity contribution >= 4 is 11.7 Å². The lowest BCUT2D eigenvalue weighted by molar-refractivity contribution is 0.1000. The van der Waals surface area contributed by atoms with Gasteiger partial charge in [0.25, 0.3) is 5.91 Å². The van der Waals surface area contributed by atoms with Crippen molar-refractivity contribution in [2.75, 3.05) is 5.73 Å². The van der Waals surface area contributed by atoms with Crippen molar-refractivity contribution in [1.82, 2.24) is 4.98 Å². The van der Waals surface area contributed by atoms with Crippen molar-refractivity contribution < 1.29 is 4.79 Å². The summed E-state index contributed by atoms with van der Waals surface area (Å²) >= 11 is 0. The lowest BCUT2D eigenvalue weighted by Gasteiger charge is -2.08. The zero-order valence-corrected chi connectivity index (χ0v) is 9.26. The largest absolute Gasteiger partial charge is 0.383 e. The van der Waals surface area contributed by atoms with Gasteiger partial charge in [-0.3, -0.25) is 4.79 Å². The van der Waals surface area contributed by atoms with E-state index in [4.69, 9.17) is 11.5 Å². The number of carbonyl (C=O) groups is 1. The molecule has 0 unspecified atom stereocenters. The van der Waals surface area contributed by atoms with Crippen molar-refractivity contribution in [2.24, 2.45) is 5.73 Å². The number of carbonyl (C=O) groups excluding carboxylic acids is 1. The fourth-order valence-corrected chi connectivity index (χ4v) is 1.77. The summed E-state index contributed by atoms with van der Waals surface area (Å²) in [4.78, 5) is 15.2. The molecule has 1 heterocycles. The Morgan fingerprint density at radius 1 is 1.18 bits per heavy atom. The number of nitrogen functional groups attached to an aromatic ring is 1. The Labute approximate surface area is 99.3 Å². The molecule has 0 atom stereocenters. The molecule has 0 fully saturated rings. The lowest BCUT2D eigenvalue weighted by Crippen LogP contribution is -2.17. The van der Waals surface area contributed by atoms with Crippen molar-refractivity contribution in [1.29, 1.82) is 0 Å². The SMILES string of the molecule is NC(=O)c1c(Cc2ccccc2)ccnc1N. The van der Waals surface area contributed by atoms with Crippen molar-refractivity contribution in [3.05, 3.63) is 59.3 Å². The number of nitrogens with two attached hydrogens (primary N) is 2. The number of nitrogens with zero attached hydrogens (tertiary/aromatic N) is 1. The van der Waals surface area contributed by atoms with Crippen LogP contribution in [0.1, 0.15) is 21.5 Å². The van der Waals surface area contributed by atoms with Crippen molar-refractivity contribution in [2.45, 2.75) is 6.42 Å². The number of pyridine rings is 1. The summed E-state index contributed by atoms with van der Waals surface area (Å²) < 4.78 is 0. The van der Waals surface area contributed by atoms with Gasteiger partial charge in [-0.05, 0) is 23.6 Å². The maximum atomic E-state index is 11.3. The maximum absolute atomic E-state index is 11.3. The van der Waals surface area contributed by atoms with E-state index in [1.807, 2.05) is 30.3 Å². The molecule has 86 valence electrons. The number of benzene rings is 1. The van der Waals surface area contributed by atoms with Gasteiger partial charge in [0, 0.05) is 6.20 Å². The van der Waals surface area contributed by atoms with Crippen LogP contribution in [0.4, 0.5) is 5.82 Å². The molecule has 2 rings (SSSR count). The zero-order valence-electron chi connectivity index (χ0n) is 9.26. The van der Waals surface area contributed by atoms with Gasteiger partial charge in [0.15, 0.2) is 0 Å². The third-order valence-corrected chi connectivity index (χ3v) is 2.55. The van der Waals surface area contributed by atoms with Gasteiger partial charge in [0.1, 0.15) is 5.82 Å². The Bertz CT molecular complexity index is 538. The Hall–Kier alpha value is -2.36. The van der Waals surface area contributed by atoms with E-state index in [-0.39, 0.29) is 5.82 Å². The van der Waals surface area contributed by atoms with Crippen LogP contribution in [0.3, 0.4) is 0 Å². The highest BCUT2D eigenvalue weighted by atomic mass is 16.1. The van der Waals surface area contributed by atoms with Gasteiger partial charge in [-0.2, -0.15) is 0 Å². The monoisotopic (exact) mass is 227 g/mol. The number of amides is 1. The Morgan fingerprint density at radius 3 is 2.53 bits per heavy atom. The van der Waals surface area contributed by atoms with Crippen LogP contribution in [0, 0.1) is 0 Å². The number of primary amides is 1. The van der Waals surface area contributed by atoms with Crippen molar-refractivity contribution in [3.63, 3.8) is 0 Å². The summed E-state index contributed by atoms with van der Waals surface area (Å²) in [6.45, 7) is 0. The summed E-state index contributed by atoms with van der Waals surface area (Å²) in [7, 11) is 0. The first-order valence-corrected chi connectivity index (χ1v) is 5.25. The summed E-state index contributed by atoms with van der Waals surface area (Å²) in [6.07, 6.45) is 2.20. The molecule has 1 aromatic heterocycles. The van der Waals surface area contributed by atoms with Crippen LogP contribution in [-0.2, 0) is 6.42 Å². The normalized spacial score (nSPS) is 10.1. The average Bonchev–Trinajstić information content (AvgIpc) is 2.30. The van der Waals surface area contributed by atoms with E-state index in [0.29, 0.717) is 12.0 Å². The van der Waals surface area contributed by atoms with E-state index in [1.54, 1.807) is 12.3 Å². The number of aromatic nitrogens is 1. The highest BCUT2D eigenvalue weighted by Crippen LogP contribution is 2.17. The van der Waals surface area contributed by atoms with Gasteiger partial charge in [0.05, 0.1) is 5.56 Å². The summed E-state index contributed by atoms with van der Waals surface area (Å²) in [6, 6.07) is 11.6. The molecule has 0 radical (unpaired) electrons. The topological polar surface area (TPSA) is 82.0 Å². The van der Waals surface area contributed by atoms with E-state index in [9.17, 15) is 4.79 Å². The lowest BCUT2D eigenvalue weighted by atomic mass is 10.0. The third-order valence-electron chi connectivity index (χ3n) is 2.55. The predicted octanol–water partition coefficient (Wildman–Crippen LogP) is 1.35. The van der Waals surface area contributed by atoms with Gasteiger partial charge < -0.3 is 11.5 Å². The van der Waals surface area contributed by atoms with E-state index in [2.05, 4.69) is 4.98 Å². The van der Waals surface area contributed by atoms with Crippen LogP contribution >= 0.6 is 0 Å². The molecule has 0 bridgehead atoms. The number of rotatable bonds is 3. The molecule has 1 aromatic carbocycles. The van der Waals surface area contributed by atoms with Gasteiger partial charge in [-0.1, -0.05) is 30.3 Å². The molecular weight excluding hydrogens is 214 g/mol. The minimum atomic E-state index is -0.540. The maximum Gasteiger partial charge on any atom is 0.252 e. The zero-order chi connectivity index (χ0) is 12.3. The highest BCUT2D eigenvalue weighted by molar-refractivity contribution is 5.98. The van der Waals surface area contributed by atoms with E-state index in [0.717, 1.165) is 11.1 Å². The quantitative estimate of drug-likeness (QED) is 0.830. The first-order valence-electron chi connectivity index (χ1n) is 5.25. The minimum absolute atomic E-state index is 0.186. The van der Waals surface area contributed by atoms with E-state index in [1.165, 1.54) is 0 Å². The van der Waals surface area contributed by atoms with Crippen LogP contribution < -0.4 is 11.5 Å². The van der Waals surface area contributed by atoms with E-state index >= 15 is 0 Å². The van der Waals surface area contributed by atoms with Gasteiger partial charge in [0.2, 0.25) is 0 Å². The van der Waals surface area contributed by atoms with Crippen LogP contribution in [0.15, 0.2) is 42.6 Å². The molecule has 4 heteroatoms. The molecule has 0 aliphatic heterocycles. The van der Waals surface area contributed by atoms with Gasteiger partial charge in [-0.25, -0.2) is 4.98 Å². The highest BCUT2D eigenvalue weighted by Gasteiger charge is 2.12. The smallest absolute Gasteiger partial charge is 0.252 e. The van der Waals surface area contributed by atoms with Crippen molar-refractivity contribution in [3.8, 4) is 0 Å². The van der Waals surface area contributed by atoms with Crippen LogP contribution in [0.25, 0.3) is 0 Å². The second-order valence-corrected chi connectivity index (χ2v) is 3.76. The molecule has 2 aromatic rings. The van der Waals surface area contributed by atoms with Crippen LogP contribution in [0.2, 0.25) is 0 Å². The average molecular weight is 227 g/mol. The van der Waals surface area contributed by atoms with Crippen LogP contribution in [0.5, 0.6) is 0 Å². The molecule has 4 N–H and O–H groups in total. The fourth-order valence-electron chi connectivity index (χ4n) is 1.77. The Morgan fingerprint density at radius 2 is 1.88 bits per heavy atom. The summed E-state index contributed by atoms with van der Waals surface area (Å²) in [5, 5.41) is 0. The Kier molecular flexibility index (Phi) is 3.05. The fraction of sp³-hybridized carbons (Fsp3) is 0.0769. The first-order chi connectivity index (χ1) is 8.18. The first kappa shape index (κ1) is 11.1. The molecule has 0 aliphatic rings. The van der Waals surface area contributed by atoms with Gasteiger partial charge in [-0.15, -0.1) is 0 Å². The summed E-state index contributed by atoms with van der Waals surface area (Å²) in [5.41, 5.74) is 13.2. The number of hydrogen-bond acceptors (Lipinski definition) is 3. The molecule has 17 heavy (non-hydrogen) atoms. The van der Waals surface area contributed by atoms with E-state index < -0.39 is 5.91 Å². The minimum Gasteiger partial charge on any atom is -0.383 e. The molecule has 0 spiro atoms. The van der Waals surface area contributed by atoms with Gasteiger partial charge >= 0.3 is 0 Å². The molecule has 4 nitrogen and oxygen atoms in total. The third kappa shape index (κ3) is 2.42. The molecular formula is C13H13N3O. The Balaban J connectivity index is 2.40. The molecule has 0 saturated heterocycles. The predicted molar refractivity (Wildman–Crippen MR) is 66.4 cm³/mol.